The van der Waals surface area contributed by atoms with Crippen LogP contribution in [0.3, 0.4) is 0 Å². The summed E-state index contributed by atoms with van der Waals surface area (Å²) in [6.07, 6.45) is 1.50. The smallest absolute Gasteiger partial charge is 0.274 e. The van der Waals surface area contributed by atoms with E-state index in [1.807, 2.05) is 0 Å². The molecule has 0 bridgehead atoms. The van der Waals surface area contributed by atoms with Crippen molar-refractivity contribution in [2.24, 2.45) is 0 Å². The molecular formula is C14H14FN3O. The minimum Gasteiger partial charge on any atom is -0.397 e. The molecule has 0 atom stereocenters. The lowest BCUT2D eigenvalue weighted by Crippen LogP contribution is -2.28. The maximum absolute atomic E-state index is 13.5. The van der Waals surface area contributed by atoms with Crippen LogP contribution >= 0.6 is 0 Å². The van der Waals surface area contributed by atoms with Crippen LogP contribution in [0.5, 0.6) is 0 Å². The Bertz CT molecular complexity index is 601. The molecular weight excluding hydrogens is 245 g/mol. The lowest BCUT2D eigenvalue weighted by molar-refractivity contribution is 0.0779. The van der Waals surface area contributed by atoms with Crippen LogP contribution < -0.4 is 5.73 Å². The maximum atomic E-state index is 13.5. The van der Waals surface area contributed by atoms with Crippen molar-refractivity contribution < 1.29 is 9.18 Å². The molecule has 0 unspecified atom stereocenters. The summed E-state index contributed by atoms with van der Waals surface area (Å²) < 4.78 is 13.5. The molecule has 0 saturated heterocycles. The topological polar surface area (TPSA) is 59.2 Å². The highest BCUT2D eigenvalue weighted by Gasteiger charge is 2.17. The number of hydrogen-bond acceptors (Lipinski definition) is 3. The van der Waals surface area contributed by atoms with Crippen LogP contribution in [0.4, 0.5) is 10.1 Å². The van der Waals surface area contributed by atoms with Gasteiger partial charge in [0.2, 0.25) is 0 Å². The van der Waals surface area contributed by atoms with Crippen LogP contribution in [0.2, 0.25) is 0 Å². The Labute approximate surface area is 110 Å². The van der Waals surface area contributed by atoms with Gasteiger partial charge < -0.3 is 10.6 Å². The van der Waals surface area contributed by atoms with E-state index in [-0.39, 0.29) is 24.0 Å². The molecule has 0 radical (unpaired) electrons. The Balaban J connectivity index is 2.17. The van der Waals surface area contributed by atoms with E-state index in [0.717, 1.165) is 0 Å². The number of carbonyl (C=O) groups excluding carboxylic acids is 1. The molecule has 19 heavy (non-hydrogen) atoms. The second-order valence-electron chi connectivity index (χ2n) is 4.19. The second-order valence-corrected chi connectivity index (χ2v) is 4.19. The molecule has 5 heteroatoms. The van der Waals surface area contributed by atoms with E-state index in [9.17, 15) is 9.18 Å². The van der Waals surface area contributed by atoms with Gasteiger partial charge in [-0.25, -0.2) is 9.37 Å². The van der Waals surface area contributed by atoms with Crippen LogP contribution in [-0.4, -0.2) is 22.8 Å². The Morgan fingerprint density at radius 1 is 1.32 bits per heavy atom. The Kier molecular flexibility index (Phi) is 3.75. The zero-order valence-electron chi connectivity index (χ0n) is 10.5. The summed E-state index contributed by atoms with van der Waals surface area (Å²) in [7, 11) is 1.59. The quantitative estimate of drug-likeness (QED) is 0.918. The summed E-state index contributed by atoms with van der Waals surface area (Å²) in [5.41, 5.74) is 6.64. The van der Waals surface area contributed by atoms with E-state index >= 15 is 0 Å². The number of aromatic nitrogens is 1. The number of anilines is 1. The summed E-state index contributed by atoms with van der Waals surface area (Å²) in [4.78, 5) is 17.5. The van der Waals surface area contributed by atoms with Crippen molar-refractivity contribution in [2.45, 2.75) is 6.54 Å². The average Bonchev–Trinajstić information content (AvgIpc) is 2.41. The number of nitrogen functional groups attached to an aromatic ring is 1. The van der Waals surface area contributed by atoms with Crippen LogP contribution in [0.25, 0.3) is 0 Å². The monoisotopic (exact) mass is 259 g/mol. The van der Waals surface area contributed by atoms with Gasteiger partial charge in [-0.3, -0.25) is 4.79 Å². The maximum Gasteiger partial charge on any atom is 0.274 e. The third kappa shape index (κ3) is 2.88. The molecule has 98 valence electrons. The highest BCUT2D eigenvalue weighted by molar-refractivity contribution is 5.96. The highest BCUT2D eigenvalue weighted by atomic mass is 19.1. The lowest BCUT2D eigenvalue weighted by atomic mass is 10.2. The van der Waals surface area contributed by atoms with Gasteiger partial charge >= 0.3 is 0 Å². The Morgan fingerprint density at radius 2 is 2.05 bits per heavy atom. The van der Waals surface area contributed by atoms with E-state index in [1.54, 1.807) is 37.4 Å². The van der Waals surface area contributed by atoms with Gasteiger partial charge in [-0.2, -0.15) is 0 Å². The first-order valence-corrected chi connectivity index (χ1v) is 5.79. The largest absolute Gasteiger partial charge is 0.397 e. The molecule has 1 heterocycles. The molecule has 1 amide bonds. The molecule has 2 N–H and O–H groups in total. The van der Waals surface area contributed by atoms with Crippen LogP contribution in [0.1, 0.15) is 16.1 Å². The molecule has 0 aliphatic carbocycles. The molecule has 4 nitrogen and oxygen atoms in total. The number of nitrogens with zero attached hydrogens (tertiary/aromatic N) is 2. The van der Waals surface area contributed by atoms with Gasteiger partial charge in [0.25, 0.3) is 5.91 Å². The van der Waals surface area contributed by atoms with Crippen molar-refractivity contribution in [1.82, 2.24) is 9.88 Å². The Morgan fingerprint density at radius 3 is 2.74 bits per heavy atom. The number of pyridine rings is 1. The summed E-state index contributed by atoms with van der Waals surface area (Å²) in [6, 6.07) is 9.60. The van der Waals surface area contributed by atoms with Crippen molar-refractivity contribution in [3.63, 3.8) is 0 Å². The molecule has 0 fully saturated rings. The van der Waals surface area contributed by atoms with Crippen molar-refractivity contribution in [3.8, 4) is 0 Å². The van der Waals surface area contributed by atoms with Crippen LogP contribution in [0.15, 0.2) is 42.6 Å². The van der Waals surface area contributed by atoms with Crippen molar-refractivity contribution in [2.75, 3.05) is 12.8 Å². The predicted octanol–water partition coefficient (Wildman–Crippen LogP) is 2.08. The fourth-order valence-corrected chi connectivity index (χ4v) is 1.73. The van der Waals surface area contributed by atoms with Crippen molar-refractivity contribution in [3.05, 3.63) is 59.7 Å². The predicted molar refractivity (Wildman–Crippen MR) is 70.8 cm³/mol. The number of amides is 1. The van der Waals surface area contributed by atoms with Crippen molar-refractivity contribution in [1.29, 1.82) is 0 Å². The van der Waals surface area contributed by atoms with E-state index in [2.05, 4.69) is 4.98 Å². The molecule has 1 aromatic heterocycles. The van der Waals surface area contributed by atoms with Gasteiger partial charge in [-0.05, 0) is 18.2 Å². The van der Waals surface area contributed by atoms with Gasteiger partial charge in [-0.1, -0.05) is 18.2 Å². The summed E-state index contributed by atoms with van der Waals surface area (Å²) >= 11 is 0. The molecule has 1 aromatic carbocycles. The minimum absolute atomic E-state index is 0.168. The average molecular weight is 259 g/mol. The molecule has 0 saturated carbocycles. The number of carbonyl (C=O) groups is 1. The number of halogens is 1. The van der Waals surface area contributed by atoms with E-state index in [0.29, 0.717) is 11.3 Å². The van der Waals surface area contributed by atoms with Gasteiger partial charge in [-0.15, -0.1) is 0 Å². The zero-order chi connectivity index (χ0) is 13.8. The first kappa shape index (κ1) is 13.0. The van der Waals surface area contributed by atoms with Crippen LogP contribution in [-0.2, 0) is 6.54 Å². The minimum atomic E-state index is -0.337. The number of hydrogen-bond donors (Lipinski definition) is 1. The van der Waals surface area contributed by atoms with E-state index in [1.165, 1.54) is 17.2 Å². The van der Waals surface area contributed by atoms with E-state index < -0.39 is 0 Å². The summed E-state index contributed by atoms with van der Waals surface area (Å²) in [5, 5.41) is 0. The molecule has 0 aliphatic heterocycles. The number of benzene rings is 1. The van der Waals surface area contributed by atoms with Gasteiger partial charge in [0.15, 0.2) is 5.69 Å². The summed E-state index contributed by atoms with van der Waals surface area (Å²) in [5.74, 6) is -0.669. The Hall–Kier alpha value is -2.43. The lowest BCUT2D eigenvalue weighted by Gasteiger charge is -2.17. The molecule has 0 aliphatic rings. The van der Waals surface area contributed by atoms with Crippen LogP contribution in [0, 0.1) is 5.82 Å². The third-order valence-electron chi connectivity index (χ3n) is 2.75. The SMILES string of the molecule is CN(Cc1ccccc1F)C(=O)c1ncccc1N. The third-order valence-corrected chi connectivity index (χ3v) is 2.75. The van der Waals surface area contributed by atoms with Gasteiger partial charge in [0.05, 0.1) is 5.69 Å². The molecule has 2 aromatic rings. The first-order chi connectivity index (χ1) is 9.09. The highest BCUT2D eigenvalue weighted by Crippen LogP contribution is 2.13. The number of rotatable bonds is 3. The second kappa shape index (κ2) is 5.48. The first-order valence-electron chi connectivity index (χ1n) is 5.79. The van der Waals surface area contributed by atoms with Gasteiger partial charge in [0, 0.05) is 25.4 Å². The van der Waals surface area contributed by atoms with E-state index in [4.69, 9.17) is 5.73 Å². The molecule has 0 spiro atoms. The van der Waals surface area contributed by atoms with Gasteiger partial charge in [0.1, 0.15) is 5.82 Å². The number of nitrogens with two attached hydrogens (primary N) is 1. The zero-order valence-corrected chi connectivity index (χ0v) is 10.5. The normalized spacial score (nSPS) is 10.2. The standard InChI is InChI=1S/C14H14FN3O/c1-18(9-10-5-2-3-6-11(10)15)14(19)13-12(16)7-4-8-17-13/h2-8H,9,16H2,1H3. The fraction of sp³-hybridized carbons (Fsp3) is 0.143. The van der Waals surface area contributed by atoms with Crippen molar-refractivity contribution >= 4 is 11.6 Å². The fourth-order valence-electron chi connectivity index (χ4n) is 1.73. The summed E-state index contributed by atoms with van der Waals surface area (Å²) in [6.45, 7) is 0.168. The molecule has 2 rings (SSSR count).